The van der Waals surface area contributed by atoms with Crippen molar-refractivity contribution < 1.29 is 4.79 Å². The highest BCUT2D eigenvalue weighted by molar-refractivity contribution is 6.23. The number of likely N-dealkylation sites (N-methyl/N-ethyl adjacent to an activating group) is 1. The molecule has 3 aromatic rings. The minimum Gasteiger partial charge on any atom is -0.338 e. The zero-order valence-electron chi connectivity index (χ0n) is 16.1. The van der Waals surface area contributed by atoms with Gasteiger partial charge in [0.15, 0.2) is 5.78 Å². The summed E-state index contributed by atoms with van der Waals surface area (Å²) >= 11 is 0. The fourth-order valence-corrected chi connectivity index (χ4v) is 3.95. The molecule has 1 saturated heterocycles. The number of nitrogens with zero attached hydrogens (tertiary/aromatic N) is 4. The summed E-state index contributed by atoms with van der Waals surface area (Å²) in [4.78, 5) is 27.5. The summed E-state index contributed by atoms with van der Waals surface area (Å²) in [6.07, 6.45) is 0. The Morgan fingerprint density at radius 2 is 1.46 bits per heavy atom. The summed E-state index contributed by atoms with van der Waals surface area (Å²) in [6.45, 7) is 5.80. The van der Waals surface area contributed by atoms with Crippen molar-refractivity contribution in [1.82, 2.24) is 14.9 Å². The van der Waals surface area contributed by atoms with Gasteiger partial charge < -0.3 is 9.80 Å². The largest absolute Gasteiger partial charge is 0.338 e. The first kappa shape index (κ1) is 17.1. The fourth-order valence-electron chi connectivity index (χ4n) is 3.95. The topological polar surface area (TPSA) is 49.3 Å². The van der Waals surface area contributed by atoms with Gasteiger partial charge in [0, 0.05) is 42.9 Å². The van der Waals surface area contributed by atoms with Crippen LogP contribution < -0.4 is 4.90 Å². The molecule has 0 radical (unpaired) electrons. The summed E-state index contributed by atoms with van der Waals surface area (Å²) in [7, 11) is 2.13. The molecular formula is C23H22N4O. The minimum absolute atomic E-state index is 0.0195. The number of rotatable bonds is 2. The molecule has 0 amide bonds. The zero-order chi connectivity index (χ0) is 19.3. The molecule has 2 aromatic carbocycles. The Morgan fingerprint density at radius 3 is 2.18 bits per heavy atom. The number of carbonyl (C=O) groups is 1. The van der Waals surface area contributed by atoms with E-state index >= 15 is 0 Å². The highest BCUT2D eigenvalue weighted by Gasteiger charge is 2.33. The maximum atomic E-state index is 13.2. The van der Waals surface area contributed by atoms with Gasteiger partial charge in [-0.1, -0.05) is 54.1 Å². The van der Waals surface area contributed by atoms with Gasteiger partial charge in [0.25, 0.3) is 0 Å². The van der Waals surface area contributed by atoms with Crippen molar-refractivity contribution in [2.45, 2.75) is 6.92 Å². The molecule has 1 fully saturated rings. The predicted molar refractivity (Wildman–Crippen MR) is 111 cm³/mol. The number of aromatic nitrogens is 2. The van der Waals surface area contributed by atoms with Crippen molar-refractivity contribution in [1.29, 1.82) is 0 Å². The predicted octanol–water partition coefficient (Wildman–Crippen LogP) is 3.42. The number of carbonyl (C=O) groups excluding carboxylic acids is 1. The molecule has 0 saturated carbocycles. The van der Waals surface area contributed by atoms with Gasteiger partial charge in [-0.05, 0) is 14.0 Å². The van der Waals surface area contributed by atoms with E-state index in [9.17, 15) is 4.79 Å². The summed E-state index contributed by atoms with van der Waals surface area (Å²) in [5.41, 5.74) is 5.90. The second-order valence-corrected chi connectivity index (χ2v) is 7.63. The summed E-state index contributed by atoms with van der Waals surface area (Å²) < 4.78 is 0. The SMILES string of the molecule is Cc1ccc(-c2nc(N3CCN(C)CC3)nc3c2C(=O)c2ccccc2-3)cc1. The maximum absolute atomic E-state index is 13.2. The third-order valence-electron chi connectivity index (χ3n) is 5.66. The molecule has 5 heteroatoms. The van der Waals surface area contributed by atoms with Crippen molar-refractivity contribution in [3.05, 3.63) is 65.2 Å². The molecule has 2 heterocycles. The molecule has 1 aliphatic heterocycles. The van der Waals surface area contributed by atoms with Crippen LogP contribution in [0.2, 0.25) is 0 Å². The van der Waals surface area contributed by atoms with Gasteiger partial charge in [0.2, 0.25) is 5.95 Å². The molecule has 28 heavy (non-hydrogen) atoms. The molecule has 0 bridgehead atoms. The molecule has 0 spiro atoms. The number of fused-ring (bicyclic) bond motifs is 3. The van der Waals surface area contributed by atoms with Gasteiger partial charge in [-0.25, -0.2) is 9.97 Å². The smallest absolute Gasteiger partial charge is 0.226 e. The van der Waals surface area contributed by atoms with Crippen LogP contribution in [0.15, 0.2) is 48.5 Å². The lowest BCUT2D eigenvalue weighted by atomic mass is 10.0. The first-order valence-corrected chi connectivity index (χ1v) is 9.68. The van der Waals surface area contributed by atoms with E-state index < -0.39 is 0 Å². The van der Waals surface area contributed by atoms with Crippen LogP contribution in [-0.2, 0) is 0 Å². The molecule has 1 aromatic heterocycles. The van der Waals surface area contributed by atoms with Crippen LogP contribution in [0.25, 0.3) is 22.5 Å². The van der Waals surface area contributed by atoms with Gasteiger partial charge in [-0.15, -0.1) is 0 Å². The van der Waals surface area contributed by atoms with Crippen molar-refractivity contribution in [2.75, 3.05) is 38.1 Å². The maximum Gasteiger partial charge on any atom is 0.226 e. The van der Waals surface area contributed by atoms with Gasteiger partial charge in [-0.2, -0.15) is 0 Å². The Balaban J connectivity index is 1.71. The molecule has 0 unspecified atom stereocenters. The number of aryl methyl sites for hydroxylation is 1. The standard InChI is InChI=1S/C23H22N4O/c1-15-7-9-16(10-8-15)20-19-21(17-5-3-4-6-18(17)22(19)28)25-23(24-20)27-13-11-26(2)12-14-27/h3-10H,11-14H2,1-2H3. The molecule has 140 valence electrons. The average molecular weight is 370 g/mol. The Bertz CT molecular complexity index is 1070. The molecule has 0 N–H and O–H groups in total. The first-order valence-electron chi connectivity index (χ1n) is 9.68. The highest BCUT2D eigenvalue weighted by atomic mass is 16.1. The number of hydrogen-bond acceptors (Lipinski definition) is 5. The van der Waals surface area contributed by atoms with E-state index in [1.165, 1.54) is 5.56 Å². The van der Waals surface area contributed by atoms with Gasteiger partial charge >= 0.3 is 0 Å². The first-order chi connectivity index (χ1) is 13.6. The molecule has 5 nitrogen and oxygen atoms in total. The van der Waals surface area contributed by atoms with Gasteiger partial charge in [-0.3, -0.25) is 4.79 Å². The lowest BCUT2D eigenvalue weighted by Crippen LogP contribution is -2.45. The Labute approximate surface area is 164 Å². The van der Waals surface area contributed by atoms with E-state index in [0.717, 1.165) is 54.3 Å². The molecule has 5 rings (SSSR count). The number of benzene rings is 2. The number of piperazine rings is 1. The van der Waals surface area contributed by atoms with Crippen LogP contribution in [-0.4, -0.2) is 53.9 Å². The van der Waals surface area contributed by atoms with E-state index in [0.29, 0.717) is 11.5 Å². The van der Waals surface area contributed by atoms with E-state index in [-0.39, 0.29) is 5.78 Å². The van der Waals surface area contributed by atoms with Crippen LogP contribution in [0, 0.1) is 6.92 Å². The number of anilines is 1. The number of hydrogen-bond donors (Lipinski definition) is 0. The van der Waals surface area contributed by atoms with E-state index in [1.807, 2.05) is 36.4 Å². The molecule has 0 atom stereocenters. The Morgan fingerprint density at radius 1 is 0.821 bits per heavy atom. The second-order valence-electron chi connectivity index (χ2n) is 7.63. The molecular weight excluding hydrogens is 348 g/mol. The lowest BCUT2D eigenvalue weighted by Gasteiger charge is -2.32. The minimum atomic E-state index is 0.0195. The normalized spacial score (nSPS) is 16.2. The van der Waals surface area contributed by atoms with Crippen LogP contribution in [0.4, 0.5) is 5.95 Å². The van der Waals surface area contributed by atoms with Crippen molar-refractivity contribution in [3.8, 4) is 22.5 Å². The van der Waals surface area contributed by atoms with E-state index in [4.69, 9.17) is 9.97 Å². The lowest BCUT2D eigenvalue weighted by molar-refractivity contribution is 0.104. The third-order valence-corrected chi connectivity index (χ3v) is 5.66. The number of ketones is 1. The van der Waals surface area contributed by atoms with E-state index in [2.05, 4.69) is 35.9 Å². The molecule has 1 aliphatic carbocycles. The quantitative estimate of drug-likeness (QED) is 0.541. The Hall–Kier alpha value is -3.05. The highest BCUT2D eigenvalue weighted by Crippen LogP contribution is 2.40. The monoisotopic (exact) mass is 370 g/mol. The summed E-state index contributed by atoms with van der Waals surface area (Å²) in [5, 5.41) is 0. The van der Waals surface area contributed by atoms with E-state index in [1.54, 1.807) is 0 Å². The third kappa shape index (κ3) is 2.70. The summed E-state index contributed by atoms with van der Waals surface area (Å²) in [6, 6.07) is 15.9. The average Bonchev–Trinajstić information content (AvgIpc) is 3.01. The van der Waals surface area contributed by atoms with Gasteiger partial charge in [0.05, 0.1) is 17.0 Å². The molecule has 2 aliphatic rings. The van der Waals surface area contributed by atoms with Crippen molar-refractivity contribution in [3.63, 3.8) is 0 Å². The van der Waals surface area contributed by atoms with Crippen molar-refractivity contribution in [2.24, 2.45) is 0 Å². The fraction of sp³-hybridized carbons (Fsp3) is 0.261. The summed E-state index contributed by atoms with van der Waals surface area (Å²) in [5.74, 6) is 0.734. The second kappa shape index (κ2) is 6.53. The van der Waals surface area contributed by atoms with Crippen LogP contribution in [0.3, 0.4) is 0 Å². The Kier molecular flexibility index (Phi) is 3.98. The van der Waals surface area contributed by atoms with Crippen molar-refractivity contribution >= 4 is 11.7 Å². The van der Waals surface area contributed by atoms with Gasteiger partial charge in [0.1, 0.15) is 0 Å². The van der Waals surface area contributed by atoms with Crippen LogP contribution >= 0.6 is 0 Å². The van der Waals surface area contributed by atoms with Crippen LogP contribution in [0.5, 0.6) is 0 Å². The zero-order valence-corrected chi connectivity index (χ0v) is 16.1. The van der Waals surface area contributed by atoms with Crippen LogP contribution in [0.1, 0.15) is 21.5 Å².